The van der Waals surface area contributed by atoms with Gasteiger partial charge in [-0.15, -0.1) is 0 Å². The zero-order valence-electron chi connectivity index (χ0n) is 18.4. The van der Waals surface area contributed by atoms with E-state index in [0.717, 1.165) is 22.2 Å². The zero-order valence-corrected chi connectivity index (χ0v) is 18.4. The van der Waals surface area contributed by atoms with E-state index in [1.165, 1.54) is 13.0 Å². The van der Waals surface area contributed by atoms with Gasteiger partial charge in [-0.1, -0.05) is 36.4 Å². The molecule has 6 nitrogen and oxygen atoms in total. The van der Waals surface area contributed by atoms with Crippen LogP contribution in [0.4, 0.5) is 5.69 Å². The molecule has 34 heavy (non-hydrogen) atoms. The lowest BCUT2D eigenvalue weighted by Gasteiger charge is -2.02. The van der Waals surface area contributed by atoms with E-state index in [0.29, 0.717) is 22.7 Å². The van der Waals surface area contributed by atoms with Gasteiger partial charge in [0.25, 0.3) is 0 Å². The summed E-state index contributed by atoms with van der Waals surface area (Å²) in [6, 6.07) is 26.2. The monoisotopic (exact) mass is 447 g/mol. The molecule has 0 bridgehead atoms. The molecule has 2 aromatic heterocycles. The molecule has 0 fully saturated rings. The van der Waals surface area contributed by atoms with Gasteiger partial charge in [0, 0.05) is 34.5 Å². The average molecular weight is 447 g/mol. The molecule has 0 aliphatic rings. The van der Waals surface area contributed by atoms with E-state index in [1.807, 2.05) is 66.9 Å². The van der Waals surface area contributed by atoms with E-state index in [1.54, 1.807) is 35.0 Å². The Labute approximate surface area is 196 Å². The second kappa shape index (κ2) is 9.03. The molecule has 5 aromatic rings. The lowest BCUT2D eigenvalue weighted by molar-refractivity contribution is -0.111. The van der Waals surface area contributed by atoms with Crippen molar-refractivity contribution in [3.05, 3.63) is 108 Å². The molecule has 0 unspecified atom stereocenters. The molecule has 166 valence electrons. The molecule has 0 saturated carbocycles. The minimum Gasteiger partial charge on any atom is -0.454 e. The van der Waals surface area contributed by atoms with E-state index >= 15 is 0 Å². The Hall–Kier alpha value is -4.71. The average Bonchev–Trinajstić information content (AvgIpc) is 3.48. The first-order valence-corrected chi connectivity index (χ1v) is 10.8. The van der Waals surface area contributed by atoms with Crippen LogP contribution in [0.25, 0.3) is 34.2 Å². The topological polar surface area (TPSA) is 77.1 Å². The van der Waals surface area contributed by atoms with E-state index in [9.17, 15) is 9.59 Å². The number of rotatable bonds is 6. The number of fused-ring (bicyclic) bond motifs is 1. The summed E-state index contributed by atoms with van der Waals surface area (Å²) < 4.78 is 7.80. The number of anilines is 1. The number of benzene rings is 3. The Kier molecular flexibility index (Phi) is 5.62. The van der Waals surface area contributed by atoms with Crippen LogP contribution in [0, 0.1) is 0 Å². The fourth-order valence-electron chi connectivity index (χ4n) is 3.65. The van der Waals surface area contributed by atoms with Crippen molar-refractivity contribution < 1.29 is 14.0 Å². The first kappa shape index (κ1) is 21.2. The predicted molar refractivity (Wildman–Crippen MR) is 133 cm³/mol. The Morgan fingerprint density at radius 3 is 2.41 bits per heavy atom. The third kappa shape index (κ3) is 4.42. The van der Waals surface area contributed by atoms with Gasteiger partial charge in [0.15, 0.2) is 11.5 Å². The second-order valence-electron chi connectivity index (χ2n) is 7.82. The molecule has 0 saturated heterocycles. The van der Waals surface area contributed by atoms with Crippen LogP contribution in [0.1, 0.15) is 22.8 Å². The maximum Gasteiger partial charge on any atom is 0.248 e. The first-order valence-electron chi connectivity index (χ1n) is 10.8. The summed E-state index contributed by atoms with van der Waals surface area (Å²) >= 11 is 0. The quantitative estimate of drug-likeness (QED) is 0.251. The SMILES string of the molecule is CC(=O)c1ccc(NC(=O)/C=C/c2cn(-c3ccccc3)nc2-c2cc3ccccc3o2)cc1. The van der Waals surface area contributed by atoms with Crippen LogP contribution in [-0.4, -0.2) is 21.5 Å². The summed E-state index contributed by atoms with van der Waals surface area (Å²) in [5, 5.41) is 8.53. The van der Waals surface area contributed by atoms with Crippen molar-refractivity contribution in [3.63, 3.8) is 0 Å². The van der Waals surface area contributed by atoms with Crippen molar-refractivity contribution in [1.82, 2.24) is 9.78 Å². The van der Waals surface area contributed by atoms with Gasteiger partial charge in [-0.3, -0.25) is 9.59 Å². The lowest BCUT2D eigenvalue weighted by Crippen LogP contribution is -2.07. The fourth-order valence-corrected chi connectivity index (χ4v) is 3.65. The van der Waals surface area contributed by atoms with Crippen LogP contribution in [-0.2, 0) is 4.79 Å². The van der Waals surface area contributed by atoms with Crippen molar-refractivity contribution >= 4 is 34.4 Å². The fraction of sp³-hybridized carbons (Fsp3) is 0.0357. The number of carbonyl (C=O) groups is 2. The highest BCUT2D eigenvalue weighted by Crippen LogP contribution is 2.30. The van der Waals surface area contributed by atoms with Gasteiger partial charge in [-0.25, -0.2) is 4.68 Å². The molecule has 3 aromatic carbocycles. The van der Waals surface area contributed by atoms with Crippen LogP contribution in [0.2, 0.25) is 0 Å². The van der Waals surface area contributed by atoms with Gasteiger partial charge in [0.05, 0.1) is 5.69 Å². The summed E-state index contributed by atoms with van der Waals surface area (Å²) in [6.45, 7) is 1.51. The molecule has 5 rings (SSSR count). The third-order valence-electron chi connectivity index (χ3n) is 5.40. The Morgan fingerprint density at radius 2 is 1.68 bits per heavy atom. The summed E-state index contributed by atoms with van der Waals surface area (Å²) in [6.07, 6.45) is 5.04. The van der Waals surface area contributed by atoms with Gasteiger partial charge in [0.1, 0.15) is 11.3 Å². The number of aromatic nitrogens is 2. The highest BCUT2D eigenvalue weighted by Gasteiger charge is 2.15. The van der Waals surface area contributed by atoms with E-state index in [2.05, 4.69) is 5.32 Å². The number of ketones is 1. The lowest BCUT2D eigenvalue weighted by atomic mass is 10.1. The molecular formula is C28H21N3O3. The van der Waals surface area contributed by atoms with Crippen molar-refractivity contribution in [3.8, 4) is 17.1 Å². The molecule has 1 amide bonds. The molecule has 1 N–H and O–H groups in total. The smallest absolute Gasteiger partial charge is 0.248 e. The normalized spacial score (nSPS) is 11.2. The van der Waals surface area contributed by atoms with E-state index in [-0.39, 0.29) is 11.7 Å². The van der Waals surface area contributed by atoms with Gasteiger partial charge >= 0.3 is 0 Å². The molecule has 0 aliphatic heterocycles. The minimum absolute atomic E-state index is 0.0219. The number of amides is 1. The molecule has 0 radical (unpaired) electrons. The van der Waals surface area contributed by atoms with Crippen LogP contribution in [0.5, 0.6) is 0 Å². The number of hydrogen-bond donors (Lipinski definition) is 1. The summed E-state index contributed by atoms with van der Waals surface area (Å²) in [5.74, 6) is 0.306. The number of Topliss-reactive ketones (excluding diaryl/α,β-unsaturated/α-hetero) is 1. The maximum atomic E-state index is 12.6. The van der Waals surface area contributed by atoms with Crippen LogP contribution >= 0.6 is 0 Å². The molecule has 0 aliphatic carbocycles. The third-order valence-corrected chi connectivity index (χ3v) is 5.40. The number of para-hydroxylation sites is 2. The number of nitrogens with one attached hydrogen (secondary N) is 1. The number of hydrogen-bond acceptors (Lipinski definition) is 4. The largest absolute Gasteiger partial charge is 0.454 e. The predicted octanol–water partition coefficient (Wildman–Crippen LogP) is 6.14. The highest BCUT2D eigenvalue weighted by atomic mass is 16.3. The van der Waals surface area contributed by atoms with Crippen LogP contribution < -0.4 is 5.32 Å². The highest BCUT2D eigenvalue weighted by molar-refractivity contribution is 6.03. The maximum absolute atomic E-state index is 12.6. The molecule has 6 heteroatoms. The summed E-state index contributed by atoms with van der Waals surface area (Å²) in [7, 11) is 0. The van der Waals surface area contributed by atoms with Crippen LogP contribution in [0.15, 0.2) is 102 Å². The Balaban J connectivity index is 1.45. The van der Waals surface area contributed by atoms with Crippen molar-refractivity contribution in [2.24, 2.45) is 0 Å². The molecule has 0 atom stereocenters. The van der Waals surface area contributed by atoms with Gasteiger partial charge in [-0.05, 0) is 61.5 Å². The number of furan rings is 1. The van der Waals surface area contributed by atoms with Crippen molar-refractivity contribution in [1.29, 1.82) is 0 Å². The molecule has 2 heterocycles. The molecular weight excluding hydrogens is 426 g/mol. The van der Waals surface area contributed by atoms with Crippen LogP contribution in [0.3, 0.4) is 0 Å². The molecule has 0 spiro atoms. The minimum atomic E-state index is -0.293. The van der Waals surface area contributed by atoms with Crippen molar-refractivity contribution in [2.75, 3.05) is 5.32 Å². The zero-order chi connectivity index (χ0) is 23.5. The Bertz CT molecular complexity index is 1480. The van der Waals surface area contributed by atoms with Crippen molar-refractivity contribution in [2.45, 2.75) is 6.92 Å². The Morgan fingerprint density at radius 1 is 0.941 bits per heavy atom. The summed E-state index contributed by atoms with van der Waals surface area (Å²) in [5.41, 5.74) is 4.25. The van der Waals surface area contributed by atoms with E-state index in [4.69, 9.17) is 9.52 Å². The van der Waals surface area contributed by atoms with Gasteiger partial charge in [-0.2, -0.15) is 5.10 Å². The standard InChI is InChI=1S/C28H21N3O3/c1-19(32)20-11-14-23(15-12-20)29-27(33)16-13-22-18-31(24-8-3-2-4-9-24)30-28(22)26-17-21-7-5-6-10-25(21)34-26/h2-18H,1H3,(H,29,33)/b16-13+. The number of nitrogens with zero attached hydrogens (tertiary/aromatic N) is 2. The van der Waals surface area contributed by atoms with E-state index < -0.39 is 0 Å². The van der Waals surface area contributed by atoms with Gasteiger partial charge < -0.3 is 9.73 Å². The van der Waals surface area contributed by atoms with Gasteiger partial charge in [0.2, 0.25) is 5.91 Å². The summed E-state index contributed by atoms with van der Waals surface area (Å²) in [4.78, 5) is 24.0. The second-order valence-corrected chi connectivity index (χ2v) is 7.82. The first-order chi connectivity index (χ1) is 16.6. The number of carbonyl (C=O) groups excluding carboxylic acids is 2.